The van der Waals surface area contributed by atoms with Gasteiger partial charge in [0, 0.05) is 17.0 Å². The highest BCUT2D eigenvalue weighted by atomic mass is 32.1. The van der Waals surface area contributed by atoms with Gasteiger partial charge in [0.2, 0.25) is 0 Å². The topological polar surface area (TPSA) is 59.6 Å². The van der Waals surface area contributed by atoms with Crippen molar-refractivity contribution in [3.8, 4) is 5.75 Å². The van der Waals surface area contributed by atoms with Crippen LogP contribution in [-0.2, 0) is 13.0 Å². The van der Waals surface area contributed by atoms with Crippen LogP contribution in [0.1, 0.15) is 16.0 Å². The van der Waals surface area contributed by atoms with Crippen molar-refractivity contribution in [1.82, 2.24) is 5.32 Å². The van der Waals surface area contributed by atoms with Gasteiger partial charge in [-0.05, 0) is 36.4 Å². The van der Waals surface area contributed by atoms with Gasteiger partial charge in [-0.2, -0.15) is 0 Å². The lowest BCUT2D eigenvalue weighted by Gasteiger charge is -2.08. The van der Waals surface area contributed by atoms with Gasteiger partial charge in [-0.3, -0.25) is 0 Å². The third-order valence-electron chi connectivity index (χ3n) is 3.12. The normalized spacial score (nSPS) is 11.4. The fourth-order valence-electron chi connectivity index (χ4n) is 1.98. The molecule has 2 aromatic rings. The van der Waals surface area contributed by atoms with Gasteiger partial charge in [0.25, 0.3) is 0 Å². The van der Waals surface area contributed by atoms with Gasteiger partial charge in [0.15, 0.2) is 5.96 Å². The summed E-state index contributed by atoms with van der Waals surface area (Å²) in [4.78, 5) is 5.70. The van der Waals surface area contributed by atoms with Crippen molar-refractivity contribution in [3.05, 3.63) is 51.7 Å². The minimum absolute atomic E-state index is 0.467. The maximum atomic E-state index is 5.88. The zero-order valence-corrected chi connectivity index (χ0v) is 13.2. The number of hydrogen-bond donors (Lipinski definition) is 2. The Morgan fingerprint density at radius 2 is 2.24 bits per heavy atom. The van der Waals surface area contributed by atoms with Crippen molar-refractivity contribution in [3.63, 3.8) is 0 Å². The first-order chi connectivity index (χ1) is 10.2. The average Bonchev–Trinajstić information content (AvgIpc) is 2.99. The van der Waals surface area contributed by atoms with Crippen LogP contribution in [0.3, 0.4) is 0 Å². The molecule has 0 aliphatic rings. The molecular formula is C16H21N3OS. The summed E-state index contributed by atoms with van der Waals surface area (Å²) in [5, 5.41) is 5.21. The Morgan fingerprint density at radius 1 is 1.38 bits per heavy atom. The van der Waals surface area contributed by atoms with Crippen LogP contribution in [0.5, 0.6) is 5.75 Å². The predicted octanol–water partition coefficient (Wildman–Crippen LogP) is 2.71. The lowest BCUT2D eigenvalue weighted by atomic mass is 10.1. The highest BCUT2D eigenvalue weighted by Gasteiger charge is 2.02. The fourth-order valence-corrected chi connectivity index (χ4v) is 2.69. The van der Waals surface area contributed by atoms with Crippen LogP contribution < -0.4 is 15.8 Å². The molecule has 0 atom stereocenters. The first kappa shape index (κ1) is 15.4. The molecule has 21 heavy (non-hydrogen) atoms. The van der Waals surface area contributed by atoms with E-state index in [0.717, 1.165) is 24.3 Å². The fraction of sp³-hybridized carbons (Fsp3) is 0.312. The second kappa shape index (κ2) is 7.69. The van der Waals surface area contributed by atoms with Gasteiger partial charge in [0.1, 0.15) is 5.75 Å². The molecule has 0 spiro atoms. The van der Waals surface area contributed by atoms with E-state index >= 15 is 0 Å². The van der Waals surface area contributed by atoms with Crippen LogP contribution in [0.2, 0.25) is 0 Å². The summed E-state index contributed by atoms with van der Waals surface area (Å²) < 4.78 is 5.36. The van der Waals surface area contributed by atoms with E-state index in [1.54, 1.807) is 18.4 Å². The second-order valence-corrected chi connectivity index (χ2v) is 5.81. The summed E-state index contributed by atoms with van der Waals surface area (Å²) in [6, 6.07) is 10.3. The van der Waals surface area contributed by atoms with Crippen molar-refractivity contribution < 1.29 is 4.74 Å². The lowest BCUT2D eigenvalue weighted by Crippen LogP contribution is -2.33. The largest absolute Gasteiger partial charge is 0.496 e. The van der Waals surface area contributed by atoms with E-state index in [0.29, 0.717) is 12.5 Å². The molecule has 0 saturated heterocycles. The van der Waals surface area contributed by atoms with Gasteiger partial charge in [-0.25, -0.2) is 4.99 Å². The number of nitrogens with zero attached hydrogens (tertiary/aromatic N) is 1. The van der Waals surface area contributed by atoms with E-state index in [1.807, 2.05) is 25.1 Å². The first-order valence-corrected chi connectivity index (χ1v) is 7.76. The van der Waals surface area contributed by atoms with E-state index in [-0.39, 0.29) is 0 Å². The number of nitrogens with one attached hydrogen (secondary N) is 1. The zero-order valence-electron chi connectivity index (χ0n) is 12.4. The van der Waals surface area contributed by atoms with Crippen molar-refractivity contribution in [2.45, 2.75) is 19.9 Å². The van der Waals surface area contributed by atoms with Crippen LogP contribution in [0.25, 0.3) is 0 Å². The standard InChI is InChI=1S/C16H21N3OS/c1-12-5-6-13(15(10-12)20-2)11-19-16(17)18-8-7-14-4-3-9-21-14/h3-6,9-10H,7-8,11H2,1-2H3,(H3,17,18,19). The molecule has 1 aromatic heterocycles. The van der Waals surface area contributed by atoms with E-state index in [1.165, 1.54) is 10.4 Å². The van der Waals surface area contributed by atoms with E-state index in [9.17, 15) is 0 Å². The van der Waals surface area contributed by atoms with Gasteiger partial charge in [0.05, 0.1) is 13.7 Å². The Bertz CT molecular complexity index is 594. The minimum atomic E-state index is 0.467. The maximum absolute atomic E-state index is 5.88. The number of methoxy groups -OCH3 is 1. The third kappa shape index (κ3) is 4.79. The summed E-state index contributed by atoms with van der Waals surface area (Å²) in [6.45, 7) is 3.35. The number of benzene rings is 1. The number of rotatable bonds is 6. The molecule has 0 radical (unpaired) electrons. The van der Waals surface area contributed by atoms with E-state index in [4.69, 9.17) is 10.5 Å². The summed E-state index contributed by atoms with van der Waals surface area (Å²) in [5.74, 6) is 1.32. The van der Waals surface area contributed by atoms with Crippen molar-refractivity contribution in [2.24, 2.45) is 10.7 Å². The van der Waals surface area contributed by atoms with Crippen LogP contribution >= 0.6 is 11.3 Å². The lowest BCUT2D eigenvalue weighted by molar-refractivity contribution is 0.409. The maximum Gasteiger partial charge on any atom is 0.188 e. The number of guanidine groups is 1. The summed E-state index contributed by atoms with van der Waals surface area (Å²) in [5.41, 5.74) is 8.09. The molecule has 0 unspecified atom stereocenters. The molecule has 5 heteroatoms. The Morgan fingerprint density at radius 3 is 2.95 bits per heavy atom. The predicted molar refractivity (Wildman–Crippen MR) is 89.1 cm³/mol. The Kier molecular flexibility index (Phi) is 5.63. The smallest absolute Gasteiger partial charge is 0.188 e. The van der Waals surface area contributed by atoms with Gasteiger partial charge in [-0.15, -0.1) is 11.3 Å². The monoisotopic (exact) mass is 303 g/mol. The van der Waals surface area contributed by atoms with Gasteiger partial charge in [-0.1, -0.05) is 18.2 Å². The first-order valence-electron chi connectivity index (χ1n) is 6.88. The van der Waals surface area contributed by atoms with Crippen molar-refractivity contribution in [1.29, 1.82) is 0 Å². The molecule has 0 aliphatic heterocycles. The Balaban J connectivity index is 1.85. The van der Waals surface area contributed by atoms with Crippen LogP contribution in [0.15, 0.2) is 40.7 Å². The quantitative estimate of drug-likeness (QED) is 0.637. The molecule has 1 aromatic carbocycles. The molecule has 0 aliphatic carbocycles. The molecule has 0 saturated carbocycles. The summed E-state index contributed by atoms with van der Waals surface area (Å²) in [7, 11) is 1.67. The van der Waals surface area contributed by atoms with E-state index in [2.05, 4.69) is 27.8 Å². The molecule has 4 nitrogen and oxygen atoms in total. The SMILES string of the molecule is COc1cc(C)ccc1CN=C(N)NCCc1cccs1. The van der Waals surface area contributed by atoms with Crippen molar-refractivity contribution in [2.75, 3.05) is 13.7 Å². The summed E-state index contributed by atoms with van der Waals surface area (Å²) in [6.07, 6.45) is 0.960. The van der Waals surface area contributed by atoms with Crippen LogP contribution in [-0.4, -0.2) is 19.6 Å². The van der Waals surface area contributed by atoms with Crippen LogP contribution in [0, 0.1) is 6.92 Å². The highest BCUT2D eigenvalue weighted by Crippen LogP contribution is 2.20. The second-order valence-electron chi connectivity index (χ2n) is 4.77. The number of thiophene rings is 1. The number of aliphatic imine (C=N–C) groups is 1. The molecule has 3 N–H and O–H groups in total. The molecule has 0 amide bonds. The molecule has 0 bridgehead atoms. The van der Waals surface area contributed by atoms with Gasteiger partial charge >= 0.3 is 0 Å². The third-order valence-corrected chi connectivity index (χ3v) is 4.06. The highest BCUT2D eigenvalue weighted by molar-refractivity contribution is 7.09. The Labute approximate surface area is 129 Å². The molecule has 112 valence electrons. The average molecular weight is 303 g/mol. The van der Waals surface area contributed by atoms with Gasteiger partial charge < -0.3 is 15.8 Å². The summed E-state index contributed by atoms with van der Waals surface area (Å²) >= 11 is 1.75. The molecule has 1 heterocycles. The number of aryl methyl sites for hydroxylation is 1. The van der Waals surface area contributed by atoms with Crippen molar-refractivity contribution >= 4 is 17.3 Å². The number of ether oxygens (including phenoxy) is 1. The van der Waals surface area contributed by atoms with E-state index < -0.39 is 0 Å². The Hall–Kier alpha value is -2.01. The molecule has 0 fully saturated rings. The van der Waals surface area contributed by atoms with Crippen LogP contribution in [0.4, 0.5) is 0 Å². The molecule has 2 rings (SSSR count). The molecular weight excluding hydrogens is 282 g/mol. The minimum Gasteiger partial charge on any atom is -0.496 e. The number of nitrogens with two attached hydrogens (primary N) is 1. The number of hydrogen-bond acceptors (Lipinski definition) is 3. The zero-order chi connectivity index (χ0) is 15.1.